The van der Waals surface area contributed by atoms with Crippen LogP contribution in [-0.2, 0) is 0 Å². The van der Waals surface area contributed by atoms with E-state index in [0.29, 0.717) is 12.5 Å². The standard InChI is InChI=1S/C15H25NO/c1-3-4-12(9-13-5-6-13)7-8-14-11(2)15(14)10-16-17/h9,11-12,14-15H,3-8,10H2,1-2H3/t11?,12?,14?,15-/m0/s1. The van der Waals surface area contributed by atoms with Crippen molar-refractivity contribution in [3.05, 3.63) is 16.6 Å². The number of rotatable bonds is 8. The van der Waals surface area contributed by atoms with Gasteiger partial charge in [0.15, 0.2) is 0 Å². The summed E-state index contributed by atoms with van der Waals surface area (Å²) in [5.41, 5.74) is 1.68. The maximum atomic E-state index is 10.3. The summed E-state index contributed by atoms with van der Waals surface area (Å²) in [6, 6.07) is 0. The van der Waals surface area contributed by atoms with Crippen LogP contribution in [0.3, 0.4) is 0 Å². The molecular weight excluding hydrogens is 210 g/mol. The van der Waals surface area contributed by atoms with Crippen molar-refractivity contribution in [1.82, 2.24) is 0 Å². The zero-order valence-electron chi connectivity index (χ0n) is 11.2. The van der Waals surface area contributed by atoms with Crippen LogP contribution in [0.1, 0.15) is 52.4 Å². The van der Waals surface area contributed by atoms with Gasteiger partial charge in [0.1, 0.15) is 0 Å². The molecule has 2 fully saturated rings. The molecule has 0 amide bonds. The van der Waals surface area contributed by atoms with Crippen LogP contribution in [0, 0.1) is 28.6 Å². The monoisotopic (exact) mass is 235 g/mol. The van der Waals surface area contributed by atoms with Crippen molar-refractivity contribution in [2.24, 2.45) is 28.8 Å². The Balaban J connectivity index is 1.72. The topological polar surface area (TPSA) is 29.4 Å². The van der Waals surface area contributed by atoms with Crippen molar-refractivity contribution in [2.75, 3.05) is 6.54 Å². The fourth-order valence-electron chi connectivity index (χ4n) is 3.16. The molecule has 0 heterocycles. The first-order chi connectivity index (χ1) is 8.26. The summed E-state index contributed by atoms with van der Waals surface area (Å²) < 4.78 is 0. The Kier molecular flexibility index (Phi) is 4.36. The first kappa shape index (κ1) is 12.8. The van der Waals surface area contributed by atoms with E-state index in [1.54, 1.807) is 5.57 Å². The number of nitroso groups, excluding NO2 is 1. The van der Waals surface area contributed by atoms with Crippen LogP contribution < -0.4 is 0 Å². The van der Waals surface area contributed by atoms with Crippen LogP contribution in [0.4, 0.5) is 0 Å². The number of nitrogens with zero attached hydrogens (tertiary/aromatic N) is 1. The number of hydrogen-bond acceptors (Lipinski definition) is 2. The van der Waals surface area contributed by atoms with E-state index in [1.165, 1.54) is 38.5 Å². The quantitative estimate of drug-likeness (QED) is 0.448. The average molecular weight is 235 g/mol. The summed E-state index contributed by atoms with van der Waals surface area (Å²) in [7, 11) is 0. The van der Waals surface area contributed by atoms with Gasteiger partial charge >= 0.3 is 0 Å². The Morgan fingerprint density at radius 1 is 1.35 bits per heavy atom. The molecule has 0 aromatic heterocycles. The van der Waals surface area contributed by atoms with Gasteiger partial charge in [-0.25, -0.2) is 0 Å². The third kappa shape index (κ3) is 3.65. The highest BCUT2D eigenvalue weighted by atomic mass is 16.3. The van der Waals surface area contributed by atoms with Gasteiger partial charge in [0, 0.05) is 0 Å². The predicted molar refractivity (Wildman–Crippen MR) is 71.8 cm³/mol. The summed E-state index contributed by atoms with van der Waals surface area (Å²) in [4.78, 5) is 10.3. The van der Waals surface area contributed by atoms with E-state index in [4.69, 9.17) is 0 Å². The van der Waals surface area contributed by atoms with Crippen molar-refractivity contribution in [2.45, 2.75) is 52.4 Å². The van der Waals surface area contributed by atoms with Gasteiger partial charge in [-0.1, -0.05) is 37.1 Å². The van der Waals surface area contributed by atoms with E-state index in [-0.39, 0.29) is 0 Å². The fourth-order valence-corrected chi connectivity index (χ4v) is 3.16. The molecule has 96 valence electrons. The van der Waals surface area contributed by atoms with Crippen LogP contribution in [0.2, 0.25) is 0 Å². The SMILES string of the molecule is CCCC(C=C1CC1)CCC1C(C)[C@@H]1CN=O. The molecule has 3 unspecified atom stereocenters. The Bertz CT molecular complexity index is 291. The molecule has 0 radical (unpaired) electrons. The van der Waals surface area contributed by atoms with Crippen molar-refractivity contribution in [3.63, 3.8) is 0 Å². The smallest absolute Gasteiger partial charge is 0.0844 e. The van der Waals surface area contributed by atoms with E-state index in [2.05, 4.69) is 25.1 Å². The average Bonchev–Trinajstić information content (AvgIpc) is 3.19. The summed E-state index contributed by atoms with van der Waals surface area (Å²) >= 11 is 0. The van der Waals surface area contributed by atoms with Crippen LogP contribution in [0.15, 0.2) is 16.8 Å². The Morgan fingerprint density at radius 3 is 2.71 bits per heavy atom. The molecule has 0 aromatic carbocycles. The third-order valence-electron chi connectivity index (χ3n) is 4.59. The van der Waals surface area contributed by atoms with Gasteiger partial charge in [0.05, 0.1) is 6.54 Å². The minimum atomic E-state index is 0.547. The molecule has 2 aliphatic carbocycles. The van der Waals surface area contributed by atoms with Crippen LogP contribution >= 0.6 is 0 Å². The lowest BCUT2D eigenvalue weighted by atomic mass is 9.95. The minimum absolute atomic E-state index is 0.547. The first-order valence-corrected chi connectivity index (χ1v) is 7.25. The second-order valence-electron chi connectivity index (χ2n) is 5.95. The third-order valence-corrected chi connectivity index (χ3v) is 4.59. The van der Waals surface area contributed by atoms with Gasteiger partial charge in [0.2, 0.25) is 0 Å². The lowest BCUT2D eigenvalue weighted by Crippen LogP contribution is -1.98. The van der Waals surface area contributed by atoms with E-state index < -0.39 is 0 Å². The van der Waals surface area contributed by atoms with E-state index in [1.807, 2.05) is 0 Å². The zero-order chi connectivity index (χ0) is 12.3. The van der Waals surface area contributed by atoms with Gasteiger partial charge in [-0.3, -0.25) is 0 Å². The molecule has 0 bridgehead atoms. The molecule has 0 spiro atoms. The molecule has 2 aliphatic rings. The molecular formula is C15H25NO. The maximum absolute atomic E-state index is 10.3. The summed E-state index contributed by atoms with van der Waals surface area (Å²) in [5, 5.41) is 3.06. The van der Waals surface area contributed by atoms with Crippen molar-refractivity contribution < 1.29 is 0 Å². The van der Waals surface area contributed by atoms with Crippen molar-refractivity contribution in [1.29, 1.82) is 0 Å². The number of hydrogen-bond donors (Lipinski definition) is 0. The number of allylic oxidation sites excluding steroid dienone is 2. The normalized spacial score (nSPS) is 32.1. The van der Waals surface area contributed by atoms with Gasteiger partial charge in [-0.05, 0) is 55.8 Å². The first-order valence-electron chi connectivity index (χ1n) is 7.25. The lowest BCUT2D eigenvalue weighted by Gasteiger charge is -2.11. The highest BCUT2D eigenvalue weighted by Gasteiger charge is 2.45. The lowest BCUT2D eigenvalue weighted by molar-refractivity contribution is 0.479. The molecule has 0 aromatic rings. The second-order valence-corrected chi connectivity index (χ2v) is 5.95. The Hall–Kier alpha value is -0.660. The van der Waals surface area contributed by atoms with Crippen LogP contribution in [0.25, 0.3) is 0 Å². The maximum Gasteiger partial charge on any atom is 0.0844 e. The molecule has 2 heteroatoms. The molecule has 2 nitrogen and oxygen atoms in total. The molecule has 0 N–H and O–H groups in total. The molecule has 0 saturated heterocycles. The van der Waals surface area contributed by atoms with Gasteiger partial charge in [-0.15, -0.1) is 0 Å². The van der Waals surface area contributed by atoms with Crippen molar-refractivity contribution >= 4 is 0 Å². The minimum Gasteiger partial charge on any atom is -0.151 e. The second kappa shape index (κ2) is 5.79. The van der Waals surface area contributed by atoms with Gasteiger partial charge < -0.3 is 0 Å². The predicted octanol–water partition coefficient (Wildman–Crippen LogP) is 4.55. The summed E-state index contributed by atoms with van der Waals surface area (Å²) in [6.45, 7) is 5.09. The fraction of sp³-hybridized carbons (Fsp3) is 0.867. The molecule has 2 rings (SSSR count). The highest BCUT2D eigenvalue weighted by molar-refractivity contribution is 5.17. The van der Waals surface area contributed by atoms with Gasteiger partial charge in [0.25, 0.3) is 0 Å². The Labute approximate surface area is 105 Å². The van der Waals surface area contributed by atoms with E-state index in [9.17, 15) is 4.91 Å². The molecule has 0 aliphatic heterocycles. The van der Waals surface area contributed by atoms with E-state index >= 15 is 0 Å². The van der Waals surface area contributed by atoms with Gasteiger partial charge in [-0.2, -0.15) is 4.91 Å². The summed E-state index contributed by atoms with van der Waals surface area (Å²) in [6.07, 6.45) is 10.5. The van der Waals surface area contributed by atoms with Crippen LogP contribution in [0.5, 0.6) is 0 Å². The zero-order valence-corrected chi connectivity index (χ0v) is 11.2. The molecule has 17 heavy (non-hydrogen) atoms. The van der Waals surface area contributed by atoms with Crippen LogP contribution in [-0.4, -0.2) is 6.54 Å². The highest BCUT2D eigenvalue weighted by Crippen LogP contribution is 2.49. The largest absolute Gasteiger partial charge is 0.151 e. The molecule has 2 saturated carbocycles. The van der Waals surface area contributed by atoms with Crippen molar-refractivity contribution in [3.8, 4) is 0 Å². The summed E-state index contributed by atoms with van der Waals surface area (Å²) in [5.74, 6) is 2.92. The van der Waals surface area contributed by atoms with E-state index in [0.717, 1.165) is 17.8 Å². The Morgan fingerprint density at radius 2 is 2.12 bits per heavy atom. The molecule has 4 atom stereocenters.